The van der Waals surface area contributed by atoms with Crippen LogP contribution in [-0.4, -0.2) is 10.8 Å². The Kier molecular flexibility index (Phi) is 3.27. The molecule has 0 amide bonds. The second-order valence-electron chi connectivity index (χ2n) is 3.39. The number of aryl methyl sites for hydroxylation is 1. The Morgan fingerprint density at radius 3 is 2.36 bits per heavy atom. The maximum atomic E-state index is 11.6. The van der Waals surface area contributed by atoms with Gasteiger partial charge in [-0.25, -0.2) is 4.98 Å². The van der Waals surface area contributed by atoms with Gasteiger partial charge in [-0.15, -0.1) is 0 Å². The second kappa shape index (κ2) is 4.09. The van der Waals surface area contributed by atoms with E-state index in [0.29, 0.717) is 17.1 Å². The highest BCUT2D eigenvalue weighted by atomic mass is 35.5. The van der Waals surface area contributed by atoms with Crippen molar-refractivity contribution in [3.05, 3.63) is 27.5 Å². The summed E-state index contributed by atoms with van der Waals surface area (Å²) in [4.78, 5) is 15.7. The fourth-order valence-electron chi connectivity index (χ4n) is 1.40. The first-order valence-corrected chi connectivity index (χ1v) is 5.03. The molecule has 0 spiro atoms. The minimum atomic E-state index is 0.0584. The molecular formula is C11H14ClNO. The Hall–Kier alpha value is -0.890. The molecule has 3 heteroatoms. The molecule has 0 aliphatic carbocycles. The monoisotopic (exact) mass is 211 g/mol. The molecule has 0 bridgehead atoms. The van der Waals surface area contributed by atoms with E-state index in [-0.39, 0.29) is 5.78 Å². The van der Waals surface area contributed by atoms with Crippen LogP contribution in [0, 0.1) is 20.8 Å². The van der Waals surface area contributed by atoms with E-state index < -0.39 is 0 Å². The van der Waals surface area contributed by atoms with Gasteiger partial charge in [0.25, 0.3) is 0 Å². The molecule has 0 radical (unpaired) electrons. The van der Waals surface area contributed by atoms with Crippen LogP contribution in [0.15, 0.2) is 0 Å². The molecule has 0 atom stereocenters. The molecule has 1 aromatic rings. The van der Waals surface area contributed by atoms with Crippen LogP contribution in [0.4, 0.5) is 0 Å². The summed E-state index contributed by atoms with van der Waals surface area (Å²) in [6.07, 6.45) is 0.463. The van der Waals surface area contributed by atoms with E-state index >= 15 is 0 Å². The third kappa shape index (κ3) is 1.80. The molecule has 0 N–H and O–H groups in total. The van der Waals surface area contributed by atoms with E-state index in [4.69, 9.17) is 11.6 Å². The second-order valence-corrected chi connectivity index (χ2v) is 3.75. The van der Waals surface area contributed by atoms with Crippen molar-refractivity contribution >= 4 is 17.4 Å². The molecule has 2 nitrogen and oxygen atoms in total. The van der Waals surface area contributed by atoms with Gasteiger partial charge in [-0.1, -0.05) is 18.5 Å². The van der Waals surface area contributed by atoms with Crippen molar-refractivity contribution in [1.82, 2.24) is 4.98 Å². The van der Waals surface area contributed by atoms with Gasteiger partial charge in [0.05, 0.1) is 5.56 Å². The number of Topliss-reactive ketones (excluding diaryl/α,β-unsaturated/α-hetero) is 1. The zero-order valence-electron chi connectivity index (χ0n) is 8.94. The van der Waals surface area contributed by atoms with Gasteiger partial charge >= 0.3 is 0 Å². The van der Waals surface area contributed by atoms with Crippen molar-refractivity contribution in [3.8, 4) is 0 Å². The number of ketones is 1. The molecule has 1 rings (SSSR count). The number of hydrogen-bond acceptors (Lipinski definition) is 2. The van der Waals surface area contributed by atoms with Crippen LogP contribution in [0.5, 0.6) is 0 Å². The smallest absolute Gasteiger partial charge is 0.165 e. The Bertz CT molecular complexity index is 385. The predicted molar refractivity (Wildman–Crippen MR) is 58.1 cm³/mol. The van der Waals surface area contributed by atoms with Gasteiger partial charge in [0, 0.05) is 12.1 Å². The van der Waals surface area contributed by atoms with Crippen molar-refractivity contribution in [2.24, 2.45) is 0 Å². The van der Waals surface area contributed by atoms with Crippen molar-refractivity contribution in [1.29, 1.82) is 0 Å². The summed E-state index contributed by atoms with van der Waals surface area (Å²) in [6, 6.07) is 0. The first kappa shape index (κ1) is 11.2. The molecule has 1 aromatic heterocycles. The van der Waals surface area contributed by atoms with Crippen LogP contribution in [-0.2, 0) is 0 Å². The lowest BCUT2D eigenvalue weighted by molar-refractivity contribution is 0.0987. The topological polar surface area (TPSA) is 30.0 Å². The van der Waals surface area contributed by atoms with Crippen LogP contribution in [0.2, 0.25) is 5.15 Å². The Labute approximate surface area is 89.3 Å². The third-order valence-corrected chi connectivity index (χ3v) is 2.83. The maximum absolute atomic E-state index is 11.6. The molecule has 1 heterocycles. The van der Waals surface area contributed by atoms with E-state index in [0.717, 1.165) is 16.8 Å². The van der Waals surface area contributed by atoms with Crippen molar-refractivity contribution in [2.75, 3.05) is 0 Å². The summed E-state index contributed by atoms with van der Waals surface area (Å²) in [5.41, 5.74) is 3.47. The van der Waals surface area contributed by atoms with Crippen LogP contribution >= 0.6 is 11.6 Å². The summed E-state index contributed by atoms with van der Waals surface area (Å²) < 4.78 is 0. The maximum Gasteiger partial charge on any atom is 0.165 e. The lowest BCUT2D eigenvalue weighted by atomic mass is 10.0. The number of aromatic nitrogens is 1. The summed E-state index contributed by atoms with van der Waals surface area (Å²) in [7, 11) is 0. The molecule has 0 aromatic carbocycles. The van der Waals surface area contributed by atoms with E-state index in [1.165, 1.54) is 0 Å². The zero-order valence-corrected chi connectivity index (χ0v) is 9.70. The number of carbonyl (C=O) groups excluding carboxylic acids is 1. The minimum absolute atomic E-state index is 0.0584. The van der Waals surface area contributed by atoms with Gasteiger partial charge in [-0.3, -0.25) is 4.79 Å². The number of carbonyl (C=O) groups is 1. The average molecular weight is 212 g/mol. The zero-order chi connectivity index (χ0) is 10.9. The first-order chi connectivity index (χ1) is 6.49. The van der Waals surface area contributed by atoms with Gasteiger partial charge in [0.1, 0.15) is 5.15 Å². The van der Waals surface area contributed by atoms with E-state index in [1.807, 2.05) is 27.7 Å². The fourth-order valence-corrected chi connectivity index (χ4v) is 1.78. The van der Waals surface area contributed by atoms with Crippen LogP contribution in [0.3, 0.4) is 0 Å². The number of rotatable bonds is 2. The van der Waals surface area contributed by atoms with Gasteiger partial charge < -0.3 is 0 Å². The largest absolute Gasteiger partial charge is 0.294 e. The Balaban J connectivity index is 3.44. The van der Waals surface area contributed by atoms with Gasteiger partial charge in [-0.2, -0.15) is 0 Å². The normalized spacial score (nSPS) is 10.4. The average Bonchev–Trinajstić information content (AvgIpc) is 2.14. The summed E-state index contributed by atoms with van der Waals surface area (Å²) >= 11 is 5.95. The van der Waals surface area contributed by atoms with Crippen molar-refractivity contribution in [2.45, 2.75) is 34.1 Å². The minimum Gasteiger partial charge on any atom is -0.294 e. The Morgan fingerprint density at radius 2 is 1.86 bits per heavy atom. The standard InChI is InChI=1S/C11H14ClNO/c1-5-9(14)10-7(3)6(2)8(4)13-11(10)12/h5H2,1-4H3. The number of nitrogens with zero attached hydrogens (tertiary/aromatic N) is 1. The summed E-state index contributed by atoms with van der Waals surface area (Å²) in [6.45, 7) is 7.60. The van der Waals surface area contributed by atoms with Crippen LogP contribution in [0.1, 0.15) is 40.5 Å². The summed E-state index contributed by atoms with van der Waals surface area (Å²) in [5.74, 6) is 0.0584. The molecule has 0 unspecified atom stereocenters. The number of halogens is 1. The third-order valence-electron chi connectivity index (χ3n) is 2.55. The molecule has 0 aliphatic heterocycles. The number of hydrogen-bond donors (Lipinski definition) is 0. The predicted octanol–water partition coefficient (Wildman–Crippen LogP) is 3.25. The van der Waals surface area contributed by atoms with Gasteiger partial charge in [0.2, 0.25) is 0 Å². The first-order valence-electron chi connectivity index (χ1n) is 4.65. The lowest BCUT2D eigenvalue weighted by Gasteiger charge is -2.10. The van der Waals surface area contributed by atoms with E-state index in [2.05, 4.69) is 4.98 Å². The van der Waals surface area contributed by atoms with Crippen LogP contribution in [0.25, 0.3) is 0 Å². The lowest BCUT2D eigenvalue weighted by Crippen LogP contribution is -2.06. The highest BCUT2D eigenvalue weighted by Crippen LogP contribution is 2.23. The highest BCUT2D eigenvalue weighted by molar-refractivity contribution is 6.33. The van der Waals surface area contributed by atoms with Gasteiger partial charge in [0.15, 0.2) is 5.78 Å². The Morgan fingerprint density at radius 1 is 1.29 bits per heavy atom. The van der Waals surface area contributed by atoms with E-state index in [1.54, 1.807) is 0 Å². The van der Waals surface area contributed by atoms with Crippen molar-refractivity contribution < 1.29 is 4.79 Å². The molecule has 0 saturated heterocycles. The van der Waals surface area contributed by atoms with E-state index in [9.17, 15) is 4.79 Å². The molecular weight excluding hydrogens is 198 g/mol. The van der Waals surface area contributed by atoms with Crippen molar-refractivity contribution in [3.63, 3.8) is 0 Å². The van der Waals surface area contributed by atoms with Crippen LogP contribution < -0.4 is 0 Å². The molecule has 0 saturated carbocycles. The SMILES string of the molecule is CCC(=O)c1c(Cl)nc(C)c(C)c1C. The molecule has 14 heavy (non-hydrogen) atoms. The molecule has 0 aliphatic rings. The molecule has 0 fully saturated rings. The number of pyridine rings is 1. The highest BCUT2D eigenvalue weighted by Gasteiger charge is 2.15. The fraction of sp³-hybridized carbons (Fsp3) is 0.455. The quantitative estimate of drug-likeness (QED) is 0.555. The molecule has 76 valence electrons. The summed E-state index contributed by atoms with van der Waals surface area (Å²) in [5, 5.41) is 0.331. The van der Waals surface area contributed by atoms with Gasteiger partial charge in [-0.05, 0) is 31.9 Å².